The van der Waals surface area contributed by atoms with Gasteiger partial charge in [0.05, 0.1) is 36.5 Å². The van der Waals surface area contributed by atoms with E-state index in [-0.39, 0.29) is 29.2 Å². The van der Waals surface area contributed by atoms with Crippen LogP contribution in [0.4, 0.5) is 4.39 Å². The number of carbonyl (C=O) groups is 2. The molecule has 164 valence electrons. The predicted octanol–water partition coefficient (Wildman–Crippen LogP) is 3.76. The number of dihydropyridines is 1. The minimum absolute atomic E-state index is 0.0138. The van der Waals surface area contributed by atoms with E-state index in [4.69, 9.17) is 21.1 Å². The number of halogens is 2. The number of aromatic nitrogens is 2. The first-order chi connectivity index (χ1) is 15.0. The van der Waals surface area contributed by atoms with Gasteiger partial charge in [0.25, 0.3) is 0 Å². The summed E-state index contributed by atoms with van der Waals surface area (Å²) in [6, 6.07) is 6.79. The lowest BCUT2D eigenvalue weighted by Crippen LogP contribution is -2.35. The maximum Gasteiger partial charge on any atom is 0.336 e. The third kappa shape index (κ3) is 4.94. The summed E-state index contributed by atoms with van der Waals surface area (Å²) in [5.74, 6) is -2.10. The number of nitrogens with one attached hydrogen (secondary N) is 2. The van der Waals surface area contributed by atoms with E-state index in [9.17, 15) is 14.0 Å². The number of carbonyl (C=O) groups excluding carboxylic acids is 2. The van der Waals surface area contributed by atoms with Gasteiger partial charge in [0.1, 0.15) is 6.67 Å². The van der Waals surface area contributed by atoms with E-state index < -0.39 is 24.5 Å². The van der Waals surface area contributed by atoms with Crippen molar-refractivity contribution in [1.29, 1.82) is 0 Å². The third-order valence-electron chi connectivity index (χ3n) is 4.61. The fourth-order valence-corrected chi connectivity index (χ4v) is 4.36. The van der Waals surface area contributed by atoms with Crippen LogP contribution in [0.3, 0.4) is 0 Å². The number of benzene rings is 1. The van der Waals surface area contributed by atoms with Gasteiger partial charge in [-0.2, -0.15) is 0 Å². The molecule has 1 aliphatic heterocycles. The van der Waals surface area contributed by atoms with Crippen molar-refractivity contribution in [2.45, 2.75) is 18.0 Å². The summed E-state index contributed by atoms with van der Waals surface area (Å²) in [4.78, 5) is 32.9. The summed E-state index contributed by atoms with van der Waals surface area (Å²) in [6.07, 6.45) is 3.28. The van der Waals surface area contributed by atoms with Crippen LogP contribution < -0.4 is 5.32 Å². The Hall–Kier alpha value is -2.78. The second kappa shape index (κ2) is 10.5. The van der Waals surface area contributed by atoms with Gasteiger partial charge >= 0.3 is 11.9 Å². The molecule has 1 aliphatic rings. The highest BCUT2D eigenvalue weighted by Crippen LogP contribution is 2.42. The SMILES string of the molecule is CCOC(=O)C1=C(CSc2ncc[nH]2)NC(CF)=C(C(=O)OC)C1c1ccccc1Cl. The van der Waals surface area contributed by atoms with Gasteiger partial charge < -0.3 is 19.8 Å². The second-order valence-corrected chi connectivity index (χ2v) is 7.76. The second-order valence-electron chi connectivity index (χ2n) is 6.39. The minimum Gasteiger partial charge on any atom is -0.466 e. The molecule has 7 nitrogen and oxygen atoms in total. The average Bonchev–Trinajstić information content (AvgIpc) is 3.30. The number of ether oxygens (including phenoxy) is 2. The lowest BCUT2D eigenvalue weighted by atomic mass is 9.80. The Morgan fingerprint density at radius 1 is 1.23 bits per heavy atom. The standard InChI is InChI=1S/C21H21ClFN3O4S/c1-3-30-20(28)18-15(11-31-21-24-8-9-25-21)26-14(10-23)17(19(27)29-2)16(18)12-6-4-5-7-13(12)22/h4-9,16,26H,3,10-11H2,1-2H3,(H,24,25). The molecule has 1 aromatic carbocycles. The van der Waals surface area contributed by atoms with Crippen molar-refractivity contribution in [3.63, 3.8) is 0 Å². The molecule has 0 amide bonds. The van der Waals surface area contributed by atoms with Crippen LogP contribution in [0.2, 0.25) is 5.02 Å². The Labute approximate surface area is 188 Å². The fraction of sp³-hybridized carbons (Fsp3) is 0.286. The van der Waals surface area contributed by atoms with Gasteiger partial charge in [-0.1, -0.05) is 41.6 Å². The zero-order valence-corrected chi connectivity index (χ0v) is 18.5. The molecule has 31 heavy (non-hydrogen) atoms. The van der Waals surface area contributed by atoms with Crippen molar-refractivity contribution >= 4 is 35.3 Å². The lowest BCUT2D eigenvalue weighted by Gasteiger charge is -2.32. The molecule has 0 fully saturated rings. The quantitative estimate of drug-likeness (QED) is 0.453. The van der Waals surface area contributed by atoms with Crippen molar-refractivity contribution in [3.8, 4) is 0 Å². The van der Waals surface area contributed by atoms with Gasteiger partial charge in [0.2, 0.25) is 0 Å². The van der Waals surface area contributed by atoms with Gasteiger partial charge in [0, 0.05) is 28.9 Å². The van der Waals surface area contributed by atoms with E-state index >= 15 is 0 Å². The van der Waals surface area contributed by atoms with Crippen LogP contribution in [-0.2, 0) is 19.1 Å². The molecule has 1 aromatic heterocycles. The van der Waals surface area contributed by atoms with Crippen LogP contribution in [0.5, 0.6) is 0 Å². The molecule has 0 spiro atoms. The number of esters is 2. The van der Waals surface area contributed by atoms with E-state index in [0.29, 0.717) is 21.4 Å². The molecular formula is C21H21ClFN3O4S. The van der Waals surface area contributed by atoms with Crippen LogP contribution in [-0.4, -0.2) is 48.1 Å². The van der Waals surface area contributed by atoms with Crippen LogP contribution in [0.15, 0.2) is 64.4 Å². The number of allylic oxidation sites excluding steroid dienone is 1. The third-order valence-corrected chi connectivity index (χ3v) is 5.88. The molecule has 0 bridgehead atoms. The Kier molecular flexibility index (Phi) is 7.75. The molecule has 0 saturated heterocycles. The van der Waals surface area contributed by atoms with Crippen LogP contribution in [0.25, 0.3) is 0 Å². The van der Waals surface area contributed by atoms with Crippen molar-refractivity contribution < 1.29 is 23.5 Å². The number of methoxy groups -OCH3 is 1. The predicted molar refractivity (Wildman–Crippen MR) is 115 cm³/mol. The molecule has 10 heteroatoms. The van der Waals surface area contributed by atoms with Gasteiger partial charge in [-0.25, -0.2) is 19.0 Å². The van der Waals surface area contributed by atoms with E-state index in [0.717, 1.165) is 0 Å². The lowest BCUT2D eigenvalue weighted by molar-refractivity contribution is -0.139. The Bertz CT molecular complexity index is 1020. The van der Waals surface area contributed by atoms with Crippen LogP contribution >= 0.6 is 23.4 Å². The molecule has 0 aliphatic carbocycles. The molecule has 0 saturated carbocycles. The van der Waals surface area contributed by atoms with Gasteiger partial charge in [-0.3, -0.25) is 0 Å². The first kappa shape index (κ1) is 22.9. The number of thioether (sulfide) groups is 1. The van der Waals surface area contributed by atoms with E-state index in [1.165, 1.54) is 18.9 Å². The first-order valence-electron chi connectivity index (χ1n) is 9.42. The van der Waals surface area contributed by atoms with Crippen LogP contribution in [0, 0.1) is 0 Å². The van der Waals surface area contributed by atoms with E-state index in [1.807, 2.05) is 0 Å². The number of nitrogens with zero attached hydrogens (tertiary/aromatic N) is 1. The smallest absolute Gasteiger partial charge is 0.336 e. The zero-order chi connectivity index (χ0) is 22.4. The monoisotopic (exact) mass is 465 g/mol. The highest BCUT2D eigenvalue weighted by molar-refractivity contribution is 7.99. The van der Waals surface area contributed by atoms with Gasteiger partial charge in [0.15, 0.2) is 5.16 Å². The highest BCUT2D eigenvalue weighted by Gasteiger charge is 2.40. The number of hydrogen-bond donors (Lipinski definition) is 2. The largest absolute Gasteiger partial charge is 0.466 e. The maximum atomic E-state index is 14.1. The number of rotatable bonds is 8. The zero-order valence-electron chi connectivity index (χ0n) is 16.9. The average molecular weight is 466 g/mol. The number of hydrogen-bond acceptors (Lipinski definition) is 7. The molecule has 2 heterocycles. The first-order valence-corrected chi connectivity index (χ1v) is 10.8. The van der Waals surface area contributed by atoms with E-state index in [1.54, 1.807) is 43.6 Å². The summed E-state index contributed by atoms with van der Waals surface area (Å²) in [7, 11) is 1.20. The molecule has 1 unspecified atom stereocenters. The Balaban J connectivity index is 2.19. The van der Waals surface area contributed by atoms with Crippen LogP contribution in [0.1, 0.15) is 18.4 Å². The Morgan fingerprint density at radius 3 is 2.58 bits per heavy atom. The molecular weight excluding hydrogens is 445 g/mol. The number of alkyl halides is 1. The minimum atomic E-state index is -0.962. The molecule has 2 N–H and O–H groups in total. The normalized spacial score (nSPS) is 16.2. The molecule has 1 atom stereocenters. The van der Waals surface area contributed by atoms with Crippen molar-refractivity contribution in [1.82, 2.24) is 15.3 Å². The topological polar surface area (TPSA) is 93.3 Å². The fourth-order valence-electron chi connectivity index (χ4n) is 3.32. The highest BCUT2D eigenvalue weighted by atomic mass is 35.5. The maximum absolute atomic E-state index is 14.1. The molecule has 2 aromatic rings. The molecule has 3 rings (SSSR count). The summed E-state index contributed by atoms with van der Waals surface area (Å²) in [5.41, 5.74) is 1.05. The molecule has 0 radical (unpaired) electrons. The number of aromatic amines is 1. The summed E-state index contributed by atoms with van der Waals surface area (Å²) >= 11 is 7.74. The van der Waals surface area contributed by atoms with Crippen molar-refractivity contribution in [2.75, 3.05) is 26.1 Å². The summed E-state index contributed by atoms with van der Waals surface area (Å²) in [5, 5.41) is 3.87. The van der Waals surface area contributed by atoms with E-state index in [2.05, 4.69) is 15.3 Å². The summed E-state index contributed by atoms with van der Waals surface area (Å²) in [6.45, 7) is 0.848. The Morgan fingerprint density at radius 2 is 1.97 bits per heavy atom. The van der Waals surface area contributed by atoms with Gasteiger partial charge in [-0.15, -0.1) is 0 Å². The van der Waals surface area contributed by atoms with Gasteiger partial charge in [-0.05, 0) is 18.6 Å². The number of H-pyrrole nitrogens is 1. The number of imidazole rings is 1. The summed E-state index contributed by atoms with van der Waals surface area (Å²) < 4.78 is 24.3. The van der Waals surface area contributed by atoms with Crippen molar-refractivity contribution in [2.24, 2.45) is 0 Å². The van der Waals surface area contributed by atoms with Crippen molar-refractivity contribution in [3.05, 3.63) is 69.8 Å².